The fourth-order valence-electron chi connectivity index (χ4n) is 6.69. The van der Waals surface area contributed by atoms with Gasteiger partial charge in [0.2, 0.25) is 5.78 Å². The predicted molar refractivity (Wildman–Crippen MR) is 153 cm³/mol. The number of aliphatic hydroxyl groups is 4. The summed E-state index contributed by atoms with van der Waals surface area (Å²) < 4.78 is 5.20. The fraction of sp³-hybridized carbons (Fsp3) is 0.333. The van der Waals surface area contributed by atoms with E-state index < -0.39 is 87.5 Å². The highest BCUT2D eigenvalue weighted by Gasteiger charge is 2.67. The molecule has 2 aromatic rings. The van der Waals surface area contributed by atoms with Crippen LogP contribution in [0.3, 0.4) is 0 Å². The van der Waals surface area contributed by atoms with Crippen LogP contribution in [0.15, 0.2) is 65.1 Å². The van der Waals surface area contributed by atoms with Crippen LogP contribution in [-0.4, -0.2) is 85.8 Å². The van der Waals surface area contributed by atoms with Crippen molar-refractivity contribution in [2.75, 3.05) is 19.5 Å². The molecule has 0 saturated heterocycles. The first kappa shape index (κ1) is 30.5. The maximum atomic E-state index is 13.9. The summed E-state index contributed by atoms with van der Waals surface area (Å²) in [6.45, 7) is 1.56. The van der Waals surface area contributed by atoms with Crippen molar-refractivity contribution in [3.8, 4) is 5.75 Å². The predicted octanol–water partition coefficient (Wildman–Crippen LogP) is 0.906. The van der Waals surface area contributed by atoms with Crippen molar-refractivity contribution in [2.24, 2.45) is 17.6 Å². The van der Waals surface area contributed by atoms with Gasteiger partial charge in [-0.1, -0.05) is 37.3 Å². The van der Waals surface area contributed by atoms with Crippen LogP contribution >= 0.6 is 0 Å². The number of primary amides is 1. The van der Waals surface area contributed by atoms with Crippen LogP contribution in [0.5, 0.6) is 5.75 Å². The van der Waals surface area contributed by atoms with Gasteiger partial charge in [0.25, 0.3) is 5.91 Å². The van der Waals surface area contributed by atoms with Crippen LogP contribution in [0, 0.1) is 11.8 Å². The largest absolute Gasteiger partial charge is 0.510 e. The number of anilines is 1. The molecule has 232 valence electrons. The molecule has 3 aliphatic rings. The quantitative estimate of drug-likeness (QED) is 0.130. The van der Waals surface area contributed by atoms with Gasteiger partial charge in [-0.3, -0.25) is 24.7 Å². The minimum absolute atomic E-state index is 0.0204. The van der Waals surface area contributed by atoms with Crippen LogP contribution < -0.4 is 16.6 Å². The third kappa shape index (κ3) is 4.46. The van der Waals surface area contributed by atoms with Gasteiger partial charge in [-0.2, -0.15) is 0 Å². The van der Waals surface area contributed by atoms with Crippen LogP contribution in [0.1, 0.15) is 34.3 Å². The number of hydrogen-bond acceptors (Lipinski definition) is 12. The maximum Gasteiger partial charge on any atom is 0.426 e. The molecule has 14 heteroatoms. The lowest BCUT2D eigenvalue weighted by atomic mass is 9.55. The van der Waals surface area contributed by atoms with Crippen molar-refractivity contribution in [1.82, 2.24) is 10.3 Å². The number of likely N-dealkylation sites (N-methyl/N-ethyl adjacent to an activating group) is 1. The van der Waals surface area contributed by atoms with E-state index in [1.165, 1.54) is 25.1 Å². The van der Waals surface area contributed by atoms with E-state index in [-0.39, 0.29) is 23.4 Å². The maximum absolute atomic E-state index is 13.9. The highest BCUT2D eigenvalue weighted by molar-refractivity contribution is 6.25. The summed E-state index contributed by atoms with van der Waals surface area (Å²) in [5.74, 6) is -10.1. The molecule has 6 atom stereocenters. The molecule has 44 heavy (non-hydrogen) atoms. The number of nitrogens with one attached hydrogen (secondary N) is 2. The number of carbonyl (C=O) groups excluding carboxylic acids is 4. The summed E-state index contributed by atoms with van der Waals surface area (Å²) in [5.41, 5.74) is 6.59. The van der Waals surface area contributed by atoms with Gasteiger partial charge in [0.05, 0.1) is 29.3 Å². The summed E-state index contributed by atoms with van der Waals surface area (Å²) in [6, 6.07) is 10.1. The number of phenols is 1. The Kier molecular flexibility index (Phi) is 7.61. The van der Waals surface area contributed by atoms with Crippen molar-refractivity contribution in [3.63, 3.8) is 0 Å². The topological polar surface area (TPSA) is 232 Å². The molecule has 0 aromatic heterocycles. The molecule has 2 amide bonds. The third-order valence-corrected chi connectivity index (χ3v) is 8.62. The average molecular weight is 609 g/mol. The molecule has 5 rings (SSSR count). The summed E-state index contributed by atoms with van der Waals surface area (Å²) in [7, 11) is 2.90. The number of aliphatic hydroxyl groups excluding tert-OH is 3. The number of hydrazine groups is 1. The zero-order chi connectivity index (χ0) is 32.2. The Bertz CT molecular complexity index is 1640. The number of rotatable bonds is 6. The Morgan fingerprint density at radius 1 is 1.07 bits per heavy atom. The SMILES string of the molecule is CC1c2c(NNC(=O)OCc3ccccc3)ccc(O)c2C(=O)C2=C(O)C3(O)C(=O)C(C(N)=O)=C(O)C(N(C)C)C3C(O)C21. The van der Waals surface area contributed by atoms with Crippen molar-refractivity contribution in [3.05, 3.63) is 81.8 Å². The number of benzene rings is 2. The monoisotopic (exact) mass is 608 g/mol. The summed E-state index contributed by atoms with van der Waals surface area (Å²) in [4.78, 5) is 53.3. The summed E-state index contributed by atoms with van der Waals surface area (Å²) in [6.07, 6.45) is -2.61. The molecule has 0 saturated carbocycles. The summed E-state index contributed by atoms with van der Waals surface area (Å²) >= 11 is 0. The van der Waals surface area contributed by atoms with Crippen LogP contribution in [0.4, 0.5) is 10.5 Å². The highest BCUT2D eigenvalue weighted by atomic mass is 16.6. The van der Waals surface area contributed by atoms with Gasteiger partial charge in [0.15, 0.2) is 11.4 Å². The van der Waals surface area contributed by atoms with E-state index in [2.05, 4.69) is 10.9 Å². The van der Waals surface area contributed by atoms with Gasteiger partial charge >= 0.3 is 6.09 Å². The molecule has 0 aliphatic heterocycles. The lowest BCUT2D eigenvalue weighted by Gasteiger charge is -2.53. The van der Waals surface area contributed by atoms with Crippen LogP contribution in [0.2, 0.25) is 0 Å². The first-order chi connectivity index (χ1) is 20.7. The van der Waals surface area contributed by atoms with Gasteiger partial charge in [-0.25, -0.2) is 10.2 Å². The molecule has 0 radical (unpaired) electrons. The van der Waals surface area contributed by atoms with Gasteiger partial charge in [-0.05, 0) is 43.3 Å². The van der Waals surface area contributed by atoms with E-state index in [0.717, 1.165) is 11.6 Å². The van der Waals surface area contributed by atoms with E-state index in [1.807, 2.05) is 6.07 Å². The van der Waals surface area contributed by atoms with Gasteiger partial charge in [-0.15, -0.1) is 0 Å². The molecule has 0 spiro atoms. The molecule has 0 bridgehead atoms. The standard InChI is InChI=1S/C30H32N4O10/c1-12-16-14(32-33-29(42)44-11-13-7-5-4-6-8-13)9-10-15(35)18(16)23(36)19-17(12)24(37)21-22(34(2)3)25(38)20(28(31)41)27(40)30(21,43)26(19)39/h4-10,12,17,21-22,24,32,35,37-39,43H,11H2,1-3H3,(H2,31,41)(H,33,42). The molecule has 0 heterocycles. The van der Waals surface area contributed by atoms with Crippen molar-refractivity contribution < 1.29 is 49.4 Å². The second-order valence-corrected chi connectivity index (χ2v) is 11.3. The number of nitrogens with two attached hydrogens (primary N) is 1. The minimum atomic E-state index is -3.01. The molecule has 14 nitrogen and oxygen atoms in total. The minimum Gasteiger partial charge on any atom is -0.510 e. The second-order valence-electron chi connectivity index (χ2n) is 11.3. The third-order valence-electron chi connectivity index (χ3n) is 8.62. The number of aromatic hydroxyl groups is 1. The number of fused-ring (bicyclic) bond motifs is 3. The Hall–Kier alpha value is -4.92. The van der Waals surface area contributed by atoms with E-state index in [4.69, 9.17) is 10.5 Å². The first-order valence-corrected chi connectivity index (χ1v) is 13.6. The Morgan fingerprint density at radius 2 is 1.73 bits per heavy atom. The second kappa shape index (κ2) is 11.0. The Morgan fingerprint density at radius 3 is 2.34 bits per heavy atom. The first-order valence-electron chi connectivity index (χ1n) is 13.6. The van der Waals surface area contributed by atoms with Gasteiger partial charge in [0.1, 0.15) is 29.4 Å². The molecular formula is C30H32N4O10. The molecule has 0 fully saturated rings. The van der Waals surface area contributed by atoms with Crippen molar-refractivity contribution in [2.45, 2.75) is 37.2 Å². The van der Waals surface area contributed by atoms with Crippen molar-refractivity contribution >= 4 is 29.3 Å². The molecule has 6 unspecified atom stereocenters. The fourth-order valence-corrected chi connectivity index (χ4v) is 6.69. The number of phenolic OH excluding ortho intramolecular Hbond substituents is 1. The smallest absolute Gasteiger partial charge is 0.426 e. The number of carbonyl (C=O) groups is 4. The number of ketones is 2. The molecule has 9 N–H and O–H groups in total. The highest BCUT2D eigenvalue weighted by Crippen LogP contribution is 2.56. The lowest BCUT2D eigenvalue weighted by molar-refractivity contribution is -0.162. The molecule has 2 aromatic carbocycles. The number of ether oxygens (including phenoxy) is 1. The van der Waals surface area contributed by atoms with Gasteiger partial charge < -0.3 is 36.0 Å². The average Bonchev–Trinajstić information content (AvgIpc) is 2.97. The van der Waals surface area contributed by atoms with Crippen LogP contribution in [0.25, 0.3) is 0 Å². The Labute approximate surface area is 251 Å². The summed E-state index contributed by atoms with van der Waals surface area (Å²) in [5, 5.41) is 56.7. The number of amides is 2. The normalized spacial score (nSPS) is 27.8. The number of Topliss-reactive ketones (excluding diaryl/α,β-unsaturated/α-hetero) is 2. The molecule has 3 aliphatic carbocycles. The zero-order valence-corrected chi connectivity index (χ0v) is 23.9. The van der Waals surface area contributed by atoms with E-state index in [9.17, 15) is 44.7 Å². The van der Waals surface area contributed by atoms with E-state index >= 15 is 0 Å². The van der Waals surface area contributed by atoms with E-state index in [1.54, 1.807) is 31.2 Å². The Balaban J connectivity index is 1.56. The zero-order valence-electron chi connectivity index (χ0n) is 23.9. The van der Waals surface area contributed by atoms with E-state index in [0.29, 0.717) is 0 Å². The number of nitrogens with zero attached hydrogens (tertiary/aromatic N) is 1. The van der Waals surface area contributed by atoms with Crippen LogP contribution in [-0.2, 0) is 20.9 Å². The lowest BCUT2D eigenvalue weighted by Crippen LogP contribution is -2.68. The molecular weight excluding hydrogens is 576 g/mol. The van der Waals surface area contributed by atoms with Gasteiger partial charge in [0, 0.05) is 11.5 Å². The number of hydrogen-bond donors (Lipinski definition) is 8. The van der Waals surface area contributed by atoms with Crippen molar-refractivity contribution in [1.29, 1.82) is 0 Å².